The van der Waals surface area contributed by atoms with Gasteiger partial charge in [-0.25, -0.2) is 4.39 Å². The van der Waals surface area contributed by atoms with E-state index < -0.39 is 12.7 Å². The maximum absolute atomic E-state index is 13.1. The fraction of sp³-hybridized carbons (Fsp3) is 0.350. The first-order chi connectivity index (χ1) is 14.0. The number of aliphatic hydroxyl groups excluding tert-OH is 1. The van der Waals surface area contributed by atoms with Crippen molar-refractivity contribution >= 4 is 5.96 Å². The van der Waals surface area contributed by atoms with Crippen molar-refractivity contribution in [3.05, 3.63) is 59.9 Å². The Morgan fingerprint density at radius 1 is 1.10 bits per heavy atom. The molecule has 0 aliphatic rings. The lowest BCUT2D eigenvalue weighted by Crippen LogP contribution is -2.39. The first-order valence-electron chi connectivity index (χ1n) is 9.11. The van der Waals surface area contributed by atoms with Gasteiger partial charge in [-0.3, -0.25) is 4.99 Å². The third-order valence-corrected chi connectivity index (χ3v) is 3.72. The van der Waals surface area contributed by atoms with Crippen LogP contribution in [0.25, 0.3) is 0 Å². The Morgan fingerprint density at radius 2 is 1.86 bits per heavy atom. The van der Waals surface area contributed by atoms with Gasteiger partial charge in [-0.05, 0) is 36.8 Å². The van der Waals surface area contributed by atoms with Crippen molar-refractivity contribution in [2.75, 3.05) is 26.2 Å². The van der Waals surface area contributed by atoms with Gasteiger partial charge < -0.3 is 25.2 Å². The van der Waals surface area contributed by atoms with Gasteiger partial charge in [0.2, 0.25) is 0 Å². The molecule has 1 atom stereocenters. The second kappa shape index (κ2) is 11.8. The van der Waals surface area contributed by atoms with Crippen LogP contribution in [0.15, 0.2) is 53.5 Å². The molecule has 3 N–H and O–H groups in total. The number of aliphatic imine (C=N–C) groups is 1. The summed E-state index contributed by atoms with van der Waals surface area (Å²) < 4.78 is 47.2. The molecule has 0 fully saturated rings. The summed E-state index contributed by atoms with van der Waals surface area (Å²) in [4.78, 5) is 4.30. The molecule has 2 rings (SSSR count). The monoisotopic (exact) mass is 411 g/mol. The molecule has 0 aliphatic carbocycles. The van der Waals surface area contributed by atoms with E-state index in [0.717, 1.165) is 0 Å². The number of hydrogen-bond acceptors (Lipinski definition) is 4. The lowest BCUT2D eigenvalue weighted by molar-refractivity contribution is -0.0498. The number of hydrogen-bond donors (Lipinski definition) is 3. The average Bonchev–Trinajstić information content (AvgIpc) is 2.69. The van der Waals surface area contributed by atoms with Crippen LogP contribution in [0.2, 0.25) is 0 Å². The number of nitrogens with zero attached hydrogens (tertiary/aromatic N) is 1. The molecule has 6 nitrogen and oxygen atoms in total. The zero-order valence-electron chi connectivity index (χ0n) is 15.9. The summed E-state index contributed by atoms with van der Waals surface area (Å²) >= 11 is 0. The molecule has 2 aromatic carbocycles. The van der Waals surface area contributed by atoms with Crippen LogP contribution >= 0.6 is 0 Å². The van der Waals surface area contributed by atoms with E-state index in [0.29, 0.717) is 37.0 Å². The molecule has 1 unspecified atom stereocenters. The van der Waals surface area contributed by atoms with E-state index in [1.807, 2.05) is 6.92 Å². The van der Waals surface area contributed by atoms with Gasteiger partial charge in [0.25, 0.3) is 0 Å². The quantitative estimate of drug-likeness (QED) is 0.318. The molecule has 0 radical (unpaired) electrons. The molecule has 0 bridgehead atoms. The second-order valence-electron chi connectivity index (χ2n) is 5.92. The highest BCUT2D eigenvalue weighted by Gasteiger charge is 2.09. The molecule has 0 saturated heterocycles. The van der Waals surface area contributed by atoms with Crippen LogP contribution in [0.1, 0.15) is 18.6 Å². The Balaban J connectivity index is 1.82. The summed E-state index contributed by atoms with van der Waals surface area (Å²) in [6, 6.07) is 11.6. The number of guanidine groups is 1. The van der Waals surface area contributed by atoms with Gasteiger partial charge in [0.15, 0.2) is 5.96 Å². The number of ether oxygens (including phenoxy) is 2. The molecule has 0 amide bonds. The maximum Gasteiger partial charge on any atom is 0.387 e. The summed E-state index contributed by atoms with van der Waals surface area (Å²) in [6.07, 6.45) is -0.908. The van der Waals surface area contributed by atoms with Crippen LogP contribution in [-0.2, 0) is 0 Å². The first-order valence-corrected chi connectivity index (χ1v) is 9.11. The largest absolute Gasteiger partial charge is 0.492 e. The van der Waals surface area contributed by atoms with Crippen molar-refractivity contribution in [3.63, 3.8) is 0 Å². The number of benzene rings is 2. The minimum Gasteiger partial charge on any atom is -0.492 e. The maximum atomic E-state index is 13.1. The minimum atomic E-state index is -2.89. The van der Waals surface area contributed by atoms with Crippen LogP contribution in [0, 0.1) is 5.82 Å². The first kappa shape index (κ1) is 22.4. The molecule has 0 saturated carbocycles. The van der Waals surface area contributed by atoms with E-state index in [9.17, 15) is 18.3 Å². The van der Waals surface area contributed by atoms with Gasteiger partial charge in [0.1, 0.15) is 23.9 Å². The average molecular weight is 411 g/mol. The lowest BCUT2D eigenvalue weighted by atomic mass is 10.1. The Kier molecular flexibility index (Phi) is 9.10. The highest BCUT2D eigenvalue weighted by molar-refractivity contribution is 5.79. The van der Waals surface area contributed by atoms with Gasteiger partial charge in [-0.2, -0.15) is 8.78 Å². The van der Waals surface area contributed by atoms with Crippen molar-refractivity contribution in [1.82, 2.24) is 10.6 Å². The molecular weight excluding hydrogens is 387 g/mol. The van der Waals surface area contributed by atoms with Gasteiger partial charge in [0, 0.05) is 12.6 Å². The molecule has 0 spiro atoms. The van der Waals surface area contributed by atoms with Crippen molar-refractivity contribution in [1.29, 1.82) is 0 Å². The molecule has 0 aliphatic heterocycles. The van der Waals surface area contributed by atoms with Crippen LogP contribution < -0.4 is 20.1 Å². The van der Waals surface area contributed by atoms with E-state index in [1.165, 1.54) is 36.4 Å². The Morgan fingerprint density at radius 3 is 2.52 bits per heavy atom. The van der Waals surface area contributed by atoms with Crippen LogP contribution in [0.3, 0.4) is 0 Å². The Labute approximate surface area is 167 Å². The zero-order chi connectivity index (χ0) is 21.1. The predicted molar refractivity (Wildman–Crippen MR) is 104 cm³/mol. The third kappa shape index (κ3) is 8.30. The smallest absolute Gasteiger partial charge is 0.387 e. The Bertz CT molecular complexity index is 773. The number of alkyl halides is 2. The lowest BCUT2D eigenvalue weighted by Gasteiger charge is -2.14. The molecule has 2 aromatic rings. The van der Waals surface area contributed by atoms with E-state index >= 15 is 0 Å². The van der Waals surface area contributed by atoms with Crippen LogP contribution in [0.5, 0.6) is 11.5 Å². The third-order valence-electron chi connectivity index (χ3n) is 3.72. The van der Waals surface area contributed by atoms with Crippen molar-refractivity contribution < 1.29 is 27.8 Å². The summed E-state index contributed by atoms with van der Waals surface area (Å²) in [5.41, 5.74) is 0.528. The summed E-state index contributed by atoms with van der Waals surface area (Å²) in [7, 11) is 0. The molecule has 0 aromatic heterocycles. The number of rotatable bonds is 10. The van der Waals surface area contributed by atoms with E-state index in [1.54, 1.807) is 12.1 Å². The SMILES string of the molecule is CCNC(=NCC(O)c1ccc(OC(F)F)cc1)NCCOc1cccc(F)c1. The highest BCUT2D eigenvalue weighted by Crippen LogP contribution is 2.19. The van der Waals surface area contributed by atoms with E-state index in [2.05, 4.69) is 20.4 Å². The van der Waals surface area contributed by atoms with Crippen LogP contribution in [-0.4, -0.2) is 43.9 Å². The normalized spacial score (nSPS) is 12.6. The highest BCUT2D eigenvalue weighted by atomic mass is 19.3. The topological polar surface area (TPSA) is 75.1 Å². The summed E-state index contributed by atoms with van der Waals surface area (Å²) in [6.45, 7) is 0.397. The number of halogens is 3. The minimum absolute atomic E-state index is 0.0211. The van der Waals surface area contributed by atoms with Crippen molar-refractivity contribution in [2.45, 2.75) is 19.6 Å². The summed E-state index contributed by atoms with van der Waals surface area (Å²) in [5, 5.41) is 16.3. The van der Waals surface area contributed by atoms with Crippen molar-refractivity contribution in [2.24, 2.45) is 4.99 Å². The van der Waals surface area contributed by atoms with Gasteiger partial charge in [-0.1, -0.05) is 18.2 Å². The van der Waals surface area contributed by atoms with E-state index in [-0.39, 0.29) is 18.1 Å². The van der Waals surface area contributed by atoms with Crippen molar-refractivity contribution in [3.8, 4) is 11.5 Å². The molecular formula is C20H24F3N3O3. The number of aliphatic hydroxyl groups is 1. The second-order valence-corrected chi connectivity index (χ2v) is 5.92. The van der Waals surface area contributed by atoms with Crippen LogP contribution in [0.4, 0.5) is 13.2 Å². The van der Waals surface area contributed by atoms with Gasteiger partial charge >= 0.3 is 6.61 Å². The fourth-order valence-electron chi connectivity index (χ4n) is 2.39. The fourth-order valence-corrected chi connectivity index (χ4v) is 2.39. The number of nitrogens with one attached hydrogen (secondary N) is 2. The Hall–Kier alpha value is -2.94. The van der Waals surface area contributed by atoms with Gasteiger partial charge in [-0.15, -0.1) is 0 Å². The zero-order valence-corrected chi connectivity index (χ0v) is 15.9. The molecule has 9 heteroatoms. The van der Waals surface area contributed by atoms with E-state index in [4.69, 9.17) is 4.74 Å². The molecule has 0 heterocycles. The standard InChI is InChI=1S/C20H24F3N3O3/c1-2-24-20(25-10-11-28-17-5-3-4-15(21)12-17)26-13-18(27)14-6-8-16(9-7-14)29-19(22)23/h3-9,12,18-19,27H,2,10-11,13H2,1H3,(H2,24,25,26). The summed E-state index contributed by atoms with van der Waals surface area (Å²) in [5.74, 6) is 0.566. The van der Waals surface area contributed by atoms with Gasteiger partial charge in [0.05, 0.1) is 19.2 Å². The molecule has 158 valence electrons. The predicted octanol–water partition coefficient (Wildman–Crippen LogP) is 3.09. The molecule has 29 heavy (non-hydrogen) atoms.